The number of aromatic carboxylic acids is 1. The van der Waals surface area contributed by atoms with E-state index >= 15 is 0 Å². The lowest BCUT2D eigenvalue weighted by Crippen LogP contribution is -2.32. The molecule has 1 aromatic rings. The molecule has 0 spiro atoms. The molecule has 106 valence electrons. The lowest BCUT2D eigenvalue weighted by atomic mass is 10.2. The number of halogens is 1. The molecule has 1 rings (SSSR count). The molecule has 0 amide bonds. The average molecular weight is 289 g/mol. The minimum absolute atomic E-state index is 0.255. The first kappa shape index (κ1) is 15.6. The van der Waals surface area contributed by atoms with Gasteiger partial charge in [-0.1, -0.05) is 13.3 Å². The molecule has 19 heavy (non-hydrogen) atoms. The van der Waals surface area contributed by atoms with Crippen molar-refractivity contribution < 1.29 is 22.7 Å². The molecule has 0 saturated heterocycles. The summed E-state index contributed by atoms with van der Waals surface area (Å²) in [5.41, 5.74) is -0.661. The Morgan fingerprint density at radius 3 is 2.63 bits per heavy atom. The van der Waals surface area contributed by atoms with E-state index in [0.29, 0.717) is 6.42 Å². The van der Waals surface area contributed by atoms with Gasteiger partial charge in [0, 0.05) is 6.04 Å². The highest BCUT2D eigenvalue weighted by atomic mass is 32.2. The van der Waals surface area contributed by atoms with Crippen molar-refractivity contribution >= 4 is 16.0 Å². The van der Waals surface area contributed by atoms with Gasteiger partial charge >= 0.3 is 5.97 Å². The molecule has 0 unspecified atom stereocenters. The van der Waals surface area contributed by atoms with Crippen molar-refractivity contribution in [3.05, 3.63) is 29.6 Å². The molecule has 0 bridgehead atoms. The van der Waals surface area contributed by atoms with Crippen LogP contribution in [0.5, 0.6) is 0 Å². The zero-order chi connectivity index (χ0) is 14.6. The Morgan fingerprint density at radius 2 is 2.11 bits per heavy atom. The fraction of sp³-hybridized carbons (Fsp3) is 0.417. The van der Waals surface area contributed by atoms with Crippen molar-refractivity contribution in [2.45, 2.75) is 37.6 Å². The minimum Gasteiger partial charge on any atom is -0.478 e. The van der Waals surface area contributed by atoms with Crippen molar-refractivity contribution in [1.82, 2.24) is 4.72 Å². The molecule has 0 aromatic heterocycles. The van der Waals surface area contributed by atoms with Crippen LogP contribution >= 0.6 is 0 Å². The molecule has 0 aliphatic carbocycles. The summed E-state index contributed by atoms with van der Waals surface area (Å²) in [7, 11) is -3.83. The van der Waals surface area contributed by atoms with Crippen LogP contribution < -0.4 is 4.72 Å². The van der Waals surface area contributed by atoms with E-state index in [1.165, 1.54) is 0 Å². The van der Waals surface area contributed by atoms with Crippen molar-refractivity contribution in [2.75, 3.05) is 0 Å². The molecular formula is C12H16FNO4S. The molecule has 1 atom stereocenters. The first-order chi connectivity index (χ1) is 8.77. The second-order valence-corrected chi connectivity index (χ2v) is 5.97. The summed E-state index contributed by atoms with van der Waals surface area (Å²) in [6.07, 6.45) is 1.47. The standard InChI is InChI=1S/C12H16FNO4S/c1-3-4-8(2)14-19(17,18)9-5-6-11(13)10(7-9)12(15)16/h5-8,14H,3-4H2,1-2H3,(H,15,16)/t8-/m1/s1. The number of carboxylic acids is 1. The smallest absolute Gasteiger partial charge is 0.338 e. The SMILES string of the molecule is CCC[C@@H](C)NS(=O)(=O)c1ccc(F)c(C(=O)O)c1. The normalized spacial score (nSPS) is 13.2. The molecule has 0 heterocycles. The van der Waals surface area contributed by atoms with Crippen molar-refractivity contribution in [1.29, 1.82) is 0 Å². The molecule has 0 radical (unpaired) electrons. The summed E-state index contributed by atoms with van der Waals surface area (Å²) in [5, 5.41) is 8.77. The molecule has 5 nitrogen and oxygen atoms in total. The summed E-state index contributed by atoms with van der Waals surface area (Å²) in [6.45, 7) is 3.63. The zero-order valence-corrected chi connectivity index (χ0v) is 11.5. The molecular weight excluding hydrogens is 273 g/mol. The van der Waals surface area contributed by atoms with Gasteiger partial charge in [0.2, 0.25) is 10.0 Å². The highest BCUT2D eigenvalue weighted by molar-refractivity contribution is 7.89. The van der Waals surface area contributed by atoms with E-state index in [9.17, 15) is 17.6 Å². The topological polar surface area (TPSA) is 83.5 Å². The monoisotopic (exact) mass is 289 g/mol. The Balaban J connectivity index is 3.08. The van der Waals surface area contributed by atoms with Crippen LogP contribution in [-0.2, 0) is 10.0 Å². The predicted octanol–water partition coefficient (Wildman–Crippen LogP) is 1.99. The lowest BCUT2D eigenvalue weighted by Gasteiger charge is -2.13. The third kappa shape index (κ3) is 4.00. The van der Waals surface area contributed by atoms with Crippen LogP contribution in [-0.4, -0.2) is 25.5 Å². The molecule has 0 aliphatic heterocycles. The molecule has 2 N–H and O–H groups in total. The fourth-order valence-electron chi connectivity index (χ4n) is 1.66. The first-order valence-electron chi connectivity index (χ1n) is 5.83. The number of sulfonamides is 1. The quantitative estimate of drug-likeness (QED) is 0.839. The Kier molecular flexibility index (Phi) is 5.02. The van der Waals surface area contributed by atoms with Gasteiger partial charge in [0.05, 0.1) is 10.5 Å². The second kappa shape index (κ2) is 6.12. The summed E-state index contributed by atoms with van der Waals surface area (Å²) in [5.74, 6) is -2.47. The van der Waals surface area contributed by atoms with Crippen LogP contribution in [0.1, 0.15) is 37.0 Å². The van der Waals surface area contributed by atoms with Gasteiger partial charge in [-0.3, -0.25) is 0 Å². The number of carbonyl (C=O) groups is 1. The van der Waals surface area contributed by atoms with Gasteiger partial charge in [0.1, 0.15) is 5.82 Å². The van der Waals surface area contributed by atoms with Crippen LogP contribution in [0.2, 0.25) is 0 Å². The highest BCUT2D eigenvalue weighted by Gasteiger charge is 2.20. The van der Waals surface area contributed by atoms with Crippen molar-refractivity contribution in [2.24, 2.45) is 0 Å². The maximum Gasteiger partial charge on any atom is 0.338 e. The maximum atomic E-state index is 13.2. The Hall–Kier alpha value is -1.47. The van der Waals surface area contributed by atoms with E-state index in [1.807, 2.05) is 6.92 Å². The number of benzene rings is 1. The zero-order valence-electron chi connectivity index (χ0n) is 10.7. The van der Waals surface area contributed by atoms with Crippen LogP contribution in [0.3, 0.4) is 0 Å². The first-order valence-corrected chi connectivity index (χ1v) is 7.31. The van der Waals surface area contributed by atoms with E-state index in [4.69, 9.17) is 5.11 Å². The van der Waals surface area contributed by atoms with Crippen LogP contribution in [0.4, 0.5) is 4.39 Å². The number of carboxylic acid groups (broad SMARTS) is 1. The number of rotatable bonds is 6. The largest absolute Gasteiger partial charge is 0.478 e. The highest BCUT2D eigenvalue weighted by Crippen LogP contribution is 2.16. The van der Waals surface area contributed by atoms with Gasteiger partial charge in [-0.25, -0.2) is 22.3 Å². The maximum absolute atomic E-state index is 13.2. The fourth-order valence-corrected chi connectivity index (χ4v) is 2.96. The molecule has 7 heteroatoms. The van der Waals surface area contributed by atoms with E-state index in [-0.39, 0.29) is 10.9 Å². The van der Waals surface area contributed by atoms with Crippen LogP contribution in [0.15, 0.2) is 23.1 Å². The molecule has 0 fully saturated rings. The Bertz CT molecular complexity index is 571. The number of hydrogen-bond donors (Lipinski definition) is 2. The summed E-state index contributed by atoms with van der Waals surface area (Å²) < 4.78 is 39.6. The van der Waals surface area contributed by atoms with E-state index in [2.05, 4.69) is 4.72 Å². The Morgan fingerprint density at radius 1 is 1.47 bits per heavy atom. The average Bonchev–Trinajstić information content (AvgIpc) is 2.28. The minimum atomic E-state index is -3.83. The second-order valence-electron chi connectivity index (χ2n) is 4.26. The summed E-state index contributed by atoms with van der Waals surface area (Å²) >= 11 is 0. The van der Waals surface area contributed by atoms with Gasteiger partial charge in [0.15, 0.2) is 0 Å². The predicted molar refractivity (Wildman–Crippen MR) is 68.1 cm³/mol. The third-order valence-electron chi connectivity index (χ3n) is 2.56. The van der Waals surface area contributed by atoms with E-state index in [1.54, 1.807) is 6.92 Å². The number of hydrogen-bond acceptors (Lipinski definition) is 3. The van der Waals surface area contributed by atoms with Crippen LogP contribution in [0.25, 0.3) is 0 Å². The van der Waals surface area contributed by atoms with Gasteiger partial charge in [-0.15, -0.1) is 0 Å². The number of nitrogens with one attached hydrogen (secondary N) is 1. The molecule has 0 aliphatic rings. The van der Waals surface area contributed by atoms with Crippen LogP contribution in [0, 0.1) is 5.82 Å². The Labute approximate surface area is 111 Å². The summed E-state index contributed by atoms with van der Waals surface area (Å²) in [4.78, 5) is 10.5. The van der Waals surface area contributed by atoms with Gasteiger partial charge in [0.25, 0.3) is 0 Å². The van der Waals surface area contributed by atoms with Crippen molar-refractivity contribution in [3.63, 3.8) is 0 Å². The summed E-state index contributed by atoms with van der Waals surface area (Å²) in [6, 6.07) is 2.43. The van der Waals surface area contributed by atoms with E-state index < -0.39 is 27.4 Å². The molecule has 0 saturated carbocycles. The van der Waals surface area contributed by atoms with Crippen molar-refractivity contribution in [3.8, 4) is 0 Å². The van der Waals surface area contributed by atoms with E-state index in [0.717, 1.165) is 24.6 Å². The van der Waals surface area contributed by atoms with Gasteiger partial charge in [-0.05, 0) is 31.5 Å². The molecule has 1 aromatic carbocycles. The van der Waals surface area contributed by atoms with Gasteiger partial charge < -0.3 is 5.11 Å². The third-order valence-corrected chi connectivity index (χ3v) is 4.14. The lowest BCUT2D eigenvalue weighted by molar-refractivity contribution is 0.0691. The van der Waals surface area contributed by atoms with Gasteiger partial charge in [-0.2, -0.15) is 0 Å².